The summed E-state index contributed by atoms with van der Waals surface area (Å²) in [4.78, 5) is 48.8. The minimum Gasteiger partial charge on any atom is -0.471 e. The van der Waals surface area contributed by atoms with Crippen LogP contribution in [0.15, 0.2) is 12.4 Å². The molecule has 10 heteroatoms. The number of carbonyl (C=O) groups excluding carboxylic acids is 3. The maximum atomic E-state index is 12.4. The van der Waals surface area contributed by atoms with Crippen molar-refractivity contribution in [2.75, 3.05) is 45.2 Å². The van der Waals surface area contributed by atoms with Gasteiger partial charge in [0.2, 0.25) is 17.7 Å². The molecule has 2 aliphatic heterocycles. The van der Waals surface area contributed by atoms with Crippen LogP contribution in [0.4, 0.5) is 10.6 Å². The third kappa shape index (κ3) is 4.83. The molecule has 3 rings (SSSR count). The molecule has 146 valence electrons. The van der Waals surface area contributed by atoms with Crippen LogP contribution >= 0.6 is 0 Å². The van der Waals surface area contributed by atoms with Gasteiger partial charge in [-0.15, -0.1) is 0 Å². The lowest BCUT2D eigenvalue weighted by molar-refractivity contribution is -0.130. The van der Waals surface area contributed by atoms with E-state index >= 15 is 0 Å². The Labute approximate surface area is 157 Å². The maximum Gasteiger partial charge on any atom is 0.324 e. The zero-order valence-electron chi connectivity index (χ0n) is 15.6. The summed E-state index contributed by atoms with van der Waals surface area (Å²) < 4.78 is 5.86. The van der Waals surface area contributed by atoms with Crippen molar-refractivity contribution in [2.24, 2.45) is 0 Å². The van der Waals surface area contributed by atoms with Gasteiger partial charge in [-0.1, -0.05) is 0 Å². The second-order valence-electron chi connectivity index (χ2n) is 6.82. The van der Waals surface area contributed by atoms with Gasteiger partial charge in [0.1, 0.15) is 6.10 Å². The van der Waals surface area contributed by atoms with Crippen molar-refractivity contribution in [3.63, 3.8) is 0 Å². The summed E-state index contributed by atoms with van der Waals surface area (Å²) in [6, 6.07) is -0.430. The number of hydrogen-bond donors (Lipinski definition) is 1. The Morgan fingerprint density at radius 3 is 2.89 bits per heavy atom. The summed E-state index contributed by atoms with van der Waals surface area (Å²) in [6.07, 6.45) is 4.31. The summed E-state index contributed by atoms with van der Waals surface area (Å²) in [7, 11) is 3.75. The van der Waals surface area contributed by atoms with Gasteiger partial charge in [-0.05, 0) is 0 Å². The van der Waals surface area contributed by atoms with E-state index in [1.807, 2.05) is 19.0 Å². The number of likely N-dealkylation sites (tertiary alicyclic amines) is 1. The molecule has 2 fully saturated rings. The summed E-state index contributed by atoms with van der Waals surface area (Å²) in [5.41, 5.74) is 0. The molecule has 0 radical (unpaired) electrons. The molecular formula is C17H24N6O4. The fraction of sp³-hybridized carbons (Fsp3) is 0.588. The van der Waals surface area contributed by atoms with Gasteiger partial charge in [-0.25, -0.2) is 4.79 Å². The van der Waals surface area contributed by atoms with Crippen LogP contribution in [0.1, 0.15) is 19.3 Å². The zero-order valence-corrected chi connectivity index (χ0v) is 15.6. The normalized spacial score (nSPS) is 19.9. The van der Waals surface area contributed by atoms with Crippen LogP contribution in [0.3, 0.4) is 0 Å². The Hall–Kier alpha value is -2.91. The highest BCUT2D eigenvalue weighted by molar-refractivity contribution is 5.96. The molecule has 0 bridgehead atoms. The smallest absolute Gasteiger partial charge is 0.324 e. The van der Waals surface area contributed by atoms with E-state index in [0.717, 1.165) is 6.42 Å². The van der Waals surface area contributed by atoms with Crippen molar-refractivity contribution < 1.29 is 19.1 Å². The molecule has 27 heavy (non-hydrogen) atoms. The van der Waals surface area contributed by atoms with Crippen LogP contribution in [0.5, 0.6) is 5.88 Å². The Bertz CT molecular complexity index is 725. The Kier molecular flexibility index (Phi) is 5.72. The molecule has 0 saturated carbocycles. The van der Waals surface area contributed by atoms with Crippen molar-refractivity contribution in [1.29, 1.82) is 0 Å². The fourth-order valence-corrected chi connectivity index (χ4v) is 3.03. The second-order valence-corrected chi connectivity index (χ2v) is 6.82. The van der Waals surface area contributed by atoms with Crippen LogP contribution in [0.2, 0.25) is 0 Å². The van der Waals surface area contributed by atoms with E-state index in [4.69, 9.17) is 4.74 Å². The molecule has 2 aliphatic rings. The highest BCUT2D eigenvalue weighted by Crippen LogP contribution is 2.19. The molecule has 2 saturated heterocycles. The standard InChI is InChI=1S/C17H24N6O4/c1-21(2)13-9-18-10-15(19-13)27-12-3-6-23(11-12)16(25)5-8-22-7-4-14(24)20-17(22)26/h9-10,12H,3-8,11H2,1-2H3,(H,20,24,26). The Morgan fingerprint density at radius 1 is 1.33 bits per heavy atom. The van der Waals surface area contributed by atoms with Crippen molar-refractivity contribution in [2.45, 2.75) is 25.4 Å². The summed E-state index contributed by atoms with van der Waals surface area (Å²) in [5, 5.41) is 2.26. The van der Waals surface area contributed by atoms with E-state index in [1.54, 1.807) is 17.3 Å². The van der Waals surface area contributed by atoms with Crippen LogP contribution in [0, 0.1) is 0 Å². The lowest BCUT2D eigenvalue weighted by atomic mass is 10.2. The second kappa shape index (κ2) is 8.19. The molecule has 3 heterocycles. The quantitative estimate of drug-likeness (QED) is 0.736. The van der Waals surface area contributed by atoms with Crippen LogP contribution < -0.4 is 15.0 Å². The van der Waals surface area contributed by atoms with E-state index in [-0.39, 0.29) is 30.8 Å². The fourth-order valence-electron chi connectivity index (χ4n) is 3.03. The van der Waals surface area contributed by atoms with Gasteiger partial charge in [-0.3, -0.25) is 19.9 Å². The third-order valence-corrected chi connectivity index (χ3v) is 4.58. The molecular weight excluding hydrogens is 352 g/mol. The maximum absolute atomic E-state index is 12.4. The molecule has 4 amide bonds. The van der Waals surface area contributed by atoms with Crippen LogP contribution in [0.25, 0.3) is 0 Å². The number of amides is 4. The van der Waals surface area contributed by atoms with Gasteiger partial charge >= 0.3 is 6.03 Å². The van der Waals surface area contributed by atoms with Crippen LogP contribution in [-0.2, 0) is 9.59 Å². The summed E-state index contributed by atoms with van der Waals surface area (Å²) >= 11 is 0. The summed E-state index contributed by atoms with van der Waals surface area (Å²) in [5.74, 6) is 0.842. The van der Waals surface area contributed by atoms with Gasteiger partial charge in [-0.2, -0.15) is 4.98 Å². The highest BCUT2D eigenvalue weighted by Gasteiger charge is 2.29. The molecule has 0 aliphatic carbocycles. The van der Waals surface area contributed by atoms with Gasteiger partial charge in [0, 0.05) is 53.0 Å². The number of nitrogens with zero attached hydrogens (tertiary/aromatic N) is 5. The number of aromatic nitrogens is 2. The number of anilines is 1. The van der Waals surface area contributed by atoms with Crippen molar-refractivity contribution in [1.82, 2.24) is 25.1 Å². The first-order chi connectivity index (χ1) is 12.9. The number of urea groups is 1. The first kappa shape index (κ1) is 18.9. The molecule has 1 N–H and O–H groups in total. The number of imide groups is 1. The van der Waals surface area contributed by atoms with E-state index in [2.05, 4.69) is 15.3 Å². The largest absolute Gasteiger partial charge is 0.471 e. The van der Waals surface area contributed by atoms with E-state index in [9.17, 15) is 14.4 Å². The zero-order chi connectivity index (χ0) is 19.4. The molecule has 0 spiro atoms. The molecule has 1 atom stereocenters. The van der Waals surface area contributed by atoms with E-state index < -0.39 is 6.03 Å². The topological polar surface area (TPSA) is 108 Å². The third-order valence-electron chi connectivity index (χ3n) is 4.58. The number of hydrogen-bond acceptors (Lipinski definition) is 7. The average molecular weight is 376 g/mol. The molecule has 1 aromatic rings. The Balaban J connectivity index is 1.46. The minimum absolute atomic E-state index is 0.0288. The Morgan fingerprint density at radius 2 is 2.15 bits per heavy atom. The molecule has 1 unspecified atom stereocenters. The lowest BCUT2D eigenvalue weighted by Crippen LogP contribution is -2.50. The summed E-state index contributed by atoms with van der Waals surface area (Å²) in [6.45, 7) is 1.74. The van der Waals surface area contributed by atoms with E-state index in [0.29, 0.717) is 37.9 Å². The number of rotatable bonds is 6. The van der Waals surface area contributed by atoms with Gasteiger partial charge in [0.05, 0.1) is 18.9 Å². The highest BCUT2D eigenvalue weighted by atomic mass is 16.5. The molecule has 10 nitrogen and oxygen atoms in total. The van der Waals surface area contributed by atoms with Gasteiger partial charge in [0.25, 0.3) is 0 Å². The first-order valence-corrected chi connectivity index (χ1v) is 8.95. The van der Waals surface area contributed by atoms with Crippen molar-refractivity contribution in [3.05, 3.63) is 12.4 Å². The number of nitrogens with one attached hydrogen (secondary N) is 1. The van der Waals surface area contributed by atoms with E-state index in [1.165, 1.54) is 4.90 Å². The van der Waals surface area contributed by atoms with Crippen molar-refractivity contribution >= 4 is 23.7 Å². The van der Waals surface area contributed by atoms with Crippen molar-refractivity contribution in [3.8, 4) is 5.88 Å². The lowest BCUT2D eigenvalue weighted by Gasteiger charge is -2.27. The number of carbonyl (C=O) groups is 3. The molecule has 1 aromatic heterocycles. The average Bonchev–Trinajstić information content (AvgIpc) is 3.09. The predicted octanol–water partition coefficient (Wildman–Crippen LogP) is -0.146. The van der Waals surface area contributed by atoms with Gasteiger partial charge in [0.15, 0.2) is 5.82 Å². The van der Waals surface area contributed by atoms with Crippen LogP contribution in [-0.4, -0.2) is 84.0 Å². The minimum atomic E-state index is -0.430. The SMILES string of the molecule is CN(C)c1cncc(OC2CCN(C(=O)CCN3CCC(=O)NC3=O)C2)n1. The monoisotopic (exact) mass is 376 g/mol. The first-order valence-electron chi connectivity index (χ1n) is 8.95. The number of ether oxygens (including phenoxy) is 1. The molecule has 0 aromatic carbocycles. The van der Waals surface area contributed by atoms with Gasteiger partial charge < -0.3 is 19.4 Å². The predicted molar refractivity (Wildman–Crippen MR) is 96.3 cm³/mol.